The van der Waals surface area contributed by atoms with Gasteiger partial charge < -0.3 is 11.1 Å². The van der Waals surface area contributed by atoms with Crippen molar-refractivity contribution in [3.8, 4) is 0 Å². The van der Waals surface area contributed by atoms with Gasteiger partial charge in [0, 0.05) is 17.5 Å². The summed E-state index contributed by atoms with van der Waals surface area (Å²) in [5, 5.41) is 4.99. The van der Waals surface area contributed by atoms with Crippen LogP contribution in [-0.2, 0) is 11.3 Å². The molecule has 3 N–H and O–H groups in total. The molecule has 0 radical (unpaired) electrons. The molecule has 1 aliphatic rings. The summed E-state index contributed by atoms with van der Waals surface area (Å²) in [7, 11) is 0. The maximum atomic E-state index is 11.9. The number of rotatable bonds is 5. The third kappa shape index (κ3) is 3.80. The fraction of sp³-hybridized carbons (Fsp3) is 0.615. The number of carbonyl (C=O) groups excluding carboxylic acids is 1. The van der Waals surface area contributed by atoms with Crippen molar-refractivity contribution in [2.45, 2.75) is 31.8 Å². The van der Waals surface area contributed by atoms with Gasteiger partial charge >= 0.3 is 0 Å². The van der Waals surface area contributed by atoms with Crippen LogP contribution in [0.1, 0.15) is 24.1 Å². The van der Waals surface area contributed by atoms with E-state index in [1.165, 1.54) is 17.7 Å². The van der Waals surface area contributed by atoms with Gasteiger partial charge in [0.25, 0.3) is 0 Å². The first-order valence-electron chi connectivity index (χ1n) is 6.53. The van der Waals surface area contributed by atoms with Crippen molar-refractivity contribution in [1.82, 2.24) is 10.2 Å². The van der Waals surface area contributed by atoms with Crippen molar-refractivity contribution in [2.24, 2.45) is 5.73 Å². The van der Waals surface area contributed by atoms with Crippen LogP contribution in [0.3, 0.4) is 0 Å². The number of nitrogens with zero attached hydrogens (tertiary/aromatic N) is 1. The Kier molecular flexibility index (Phi) is 5.16. The summed E-state index contributed by atoms with van der Waals surface area (Å²) in [6.07, 6.45) is 3.53. The second-order valence-corrected chi connectivity index (χ2v) is 5.74. The van der Waals surface area contributed by atoms with Crippen molar-refractivity contribution in [3.05, 3.63) is 22.4 Å². The van der Waals surface area contributed by atoms with Crippen molar-refractivity contribution < 1.29 is 4.79 Å². The molecule has 1 aromatic rings. The summed E-state index contributed by atoms with van der Waals surface area (Å²) in [5.41, 5.74) is 5.75. The first kappa shape index (κ1) is 13.5. The molecule has 0 saturated carbocycles. The number of carbonyl (C=O) groups is 1. The Morgan fingerprint density at radius 1 is 1.56 bits per heavy atom. The molecule has 2 rings (SSSR count). The second-order valence-electron chi connectivity index (χ2n) is 4.71. The van der Waals surface area contributed by atoms with Crippen LogP contribution in [0.25, 0.3) is 0 Å². The van der Waals surface area contributed by atoms with Crippen LogP contribution in [0.15, 0.2) is 17.5 Å². The van der Waals surface area contributed by atoms with Gasteiger partial charge in [0.05, 0.1) is 13.1 Å². The zero-order chi connectivity index (χ0) is 12.8. The number of likely N-dealkylation sites (tertiary alicyclic amines) is 1. The SMILES string of the molecule is NCC1CCCCN1CC(=O)NCc1cccs1. The Morgan fingerprint density at radius 3 is 3.17 bits per heavy atom. The standard InChI is InChI=1S/C13H21N3OS/c14-8-11-4-1-2-6-16(11)10-13(17)15-9-12-5-3-7-18-12/h3,5,7,11H,1-2,4,6,8-10,14H2,(H,15,17). The average Bonchev–Trinajstić information content (AvgIpc) is 2.90. The van der Waals surface area contributed by atoms with E-state index >= 15 is 0 Å². The van der Waals surface area contributed by atoms with Gasteiger partial charge in [-0.15, -0.1) is 11.3 Å². The fourth-order valence-electron chi connectivity index (χ4n) is 2.37. The van der Waals surface area contributed by atoms with Gasteiger partial charge in [0.2, 0.25) is 5.91 Å². The smallest absolute Gasteiger partial charge is 0.234 e. The van der Waals surface area contributed by atoms with E-state index in [1.54, 1.807) is 11.3 Å². The van der Waals surface area contributed by atoms with Gasteiger partial charge in [-0.2, -0.15) is 0 Å². The maximum Gasteiger partial charge on any atom is 0.234 e. The summed E-state index contributed by atoms with van der Waals surface area (Å²) < 4.78 is 0. The first-order valence-corrected chi connectivity index (χ1v) is 7.41. The molecule has 1 atom stereocenters. The van der Waals surface area contributed by atoms with E-state index in [0.717, 1.165) is 13.0 Å². The van der Waals surface area contributed by atoms with Crippen molar-refractivity contribution >= 4 is 17.2 Å². The van der Waals surface area contributed by atoms with Crippen LogP contribution in [-0.4, -0.2) is 36.5 Å². The van der Waals surface area contributed by atoms with Crippen LogP contribution < -0.4 is 11.1 Å². The number of nitrogens with two attached hydrogens (primary N) is 1. The zero-order valence-electron chi connectivity index (χ0n) is 10.6. The van der Waals surface area contributed by atoms with Gasteiger partial charge in [0.15, 0.2) is 0 Å². The molecule has 2 heterocycles. The predicted octanol–water partition coefficient (Wildman–Crippen LogP) is 1.18. The third-order valence-electron chi connectivity index (χ3n) is 3.41. The average molecular weight is 267 g/mol. The minimum Gasteiger partial charge on any atom is -0.350 e. The lowest BCUT2D eigenvalue weighted by Gasteiger charge is -2.34. The van der Waals surface area contributed by atoms with Gasteiger partial charge in [-0.3, -0.25) is 9.69 Å². The number of amides is 1. The molecule has 0 spiro atoms. The van der Waals surface area contributed by atoms with Crippen molar-refractivity contribution in [2.75, 3.05) is 19.6 Å². The molecular formula is C13H21N3OS. The number of nitrogens with one attached hydrogen (secondary N) is 1. The summed E-state index contributed by atoms with van der Waals surface area (Å²) >= 11 is 1.67. The molecule has 0 aromatic carbocycles. The van der Waals surface area contributed by atoms with Crippen LogP contribution in [0.4, 0.5) is 0 Å². The van der Waals surface area contributed by atoms with E-state index in [9.17, 15) is 4.79 Å². The predicted molar refractivity (Wildman–Crippen MR) is 74.4 cm³/mol. The molecule has 1 fully saturated rings. The van der Waals surface area contributed by atoms with Gasteiger partial charge in [-0.1, -0.05) is 12.5 Å². The minimum absolute atomic E-state index is 0.101. The Hall–Kier alpha value is -0.910. The molecule has 1 saturated heterocycles. The van der Waals surface area contributed by atoms with E-state index < -0.39 is 0 Å². The highest BCUT2D eigenvalue weighted by molar-refractivity contribution is 7.09. The van der Waals surface area contributed by atoms with Crippen molar-refractivity contribution in [1.29, 1.82) is 0 Å². The Labute approximate surface area is 112 Å². The number of piperidine rings is 1. The second kappa shape index (κ2) is 6.87. The van der Waals surface area contributed by atoms with E-state index in [2.05, 4.69) is 10.2 Å². The summed E-state index contributed by atoms with van der Waals surface area (Å²) in [6, 6.07) is 4.42. The number of hydrogen-bond acceptors (Lipinski definition) is 4. The fourth-order valence-corrected chi connectivity index (χ4v) is 3.02. The molecule has 4 nitrogen and oxygen atoms in total. The maximum absolute atomic E-state index is 11.9. The monoisotopic (exact) mass is 267 g/mol. The molecule has 0 aliphatic carbocycles. The molecule has 1 amide bonds. The Bertz CT molecular complexity index is 366. The molecular weight excluding hydrogens is 246 g/mol. The quantitative estimate of drug-likeness (QED) is 0.842. The molecule has 1 aliphatic heterocycles. The summed E-state index contributed by atoms with van der Waals surface area (Å²) in [4.78, 5) is 15.3. The van der Waals surface area contributed by atoms with E-state index in [-0.39, 0.29) is 5.91 Å². The molecule has 1 unspecified atom stereocenters. The van der Waals surface area contributed by atoms with Crippen LogP contribution >= 0.6 is 11.3 Å². The highest BCUT2D eigenvalue weighted by Gasteiger charge is 2.22. The van der Waals surface area contributed by atoms with E-state index in [0.29, 0.717) is 25.7 Å². The van der Waals surface area contributed by atoms with E-state index in [4.69, 9.17) is 5.73 Å². The highest BCUT2D eigenvalue weighted by atomic mass is 32.1. The normalized spacial score (nSPS) is 20.8. The lowest BCUT2D eigenvalue weighted by Crippen LogP contribution is -2.48. The van der Waals surface area contributed by atoms with Gasteiger partial charge in [-0.25, -0.2) is 0 Å². The molecule has 18 heavy (non-hydrogen) atoms. The largest absolute Gasteiger partial charge is 0.350 e. The van der Waals surface area contributed by atoms with Crippen LogP contribution in [0, 0.1) is 0 Å². The van der Waals surface area contributed by atoms with Gasteiger partial charge in [-0.05, 0) is 30.8 Å². The molecule has 0 bridgehead atoms. The van der Waals surface area contributed by atoms with E-state index in [1.807, 2.05) is 17.5 Å². The number of thiophene rings is 1. The van der Waals surface area contributed by atoms with Crippen LogP contribution in [0.2, 0.25) is 0 Å². The summed E-state index contributed by atoms with van der Waals surface area (Å²) in [6.45, 7) is 2.76. The zero-order valence-corrected chi connectivity index (χ0v) is 11.4. The third-order valence-corrected chi connectivity index (χ3v) is 4.28. The van der Waals surface area contributed by atoms with Crippen LogP contribution in [0.5, 0.6) is 0 Å². The molecule has 1 aromatic heterocycles. The Morgan fingerprint density at radius 2 is 2.44 bits per heavy atom. The van der Waals surface area contributed by atoms with Crippen molar-refractivity contribution in [3.63, 3.8) is 0 Å². The lowest BCUT2D eigenvalue weighted by atomic mass is 10.0. The minimum atomic E-state index is 0.101. The van der Waals surface area contributed by atoms with Gasteiger partial charge in [0.1, 0.15) is 0 Å². The topological polar surface area (TPSA) is 58.4 Å². The Balaban J connectivity index is 1.75. The highest BCUT2D eigenvalue weighted by Crippen LogP contribution is 2.15. The first-order chi connectivity index (χ1) is 8.79. The molecule has 5 heteroatoms. The number of hydrogen-bond donors (Lipinski definition) is 2. The lowest BCUT2D eigenvalue weighted by molar-refractivity contribution is -0.123. The molecule has 100 valence electrons. The summed E-state index contributed by atoms with van der Waals surface area (Å²) in [5.74, 6) is 0.101.